The Hall–Kier alpha value is -8.11. The number of ether oxygens (including phenoxy) is 1. The van der Waals surface area contributed by atoms with E-state index in [0.29, 0.717) is 28.2 Å². The number of hydrogen-bond acceptors (Lipinski definition) is 2. The number of pyridine rings is 1. The Labute approximate surface area is 411 Å². The smallest absolute Gasteiger partial charge is 0.268 e. The van der Waals surface area contributed by atoms with Crippen LogP contribution >= 0.6 is 0 Å². The van der Waals surface area contributed by atoms with Gasteiger partial charge in [-0.05, 0) is 56.6 Å². The van der Waals surface area contributed by atoms with Crippen LogP contribution < -0.4 is 9.30 Å². The van der Waals surface area contributed by atoms with Crippen LogP contribution in [0.5, 0.6) is 11.5 Å². The largest absolute Gasteiger partial charge is 0.510 e. The van der Waals surface area contributed by atoms with Gasteiger partial charge < -0.3 is 13.9 Å². The Bertz CT molecular complexity index is 4150. The molecule has 0 aliphatic heterocycles. The van der Waals surface area contributed by atoms with Gasteiger partial charge in [-0.3, -0.25) is 4.57 Å². The van der Waals surface area contributed by atoms with E-state index in [2.05, 4.69) is 65.5 Å². The van der Waals surface area contributed by atoms with E-state index in [-0.39, 0.29) is 49.0 Å². The van der Waals surface area contributed by atoms with Crippen molar-refractivity contribution in [2.75, 3.05) is 0 Å². The number of imidazole rings is 1. The number of para-hydroxylation sites is 4. The zero-order valence-corrected chi connectivity index (χ0v) is 37.0. The van der Waals surface area contributed by atoms with Crippen molar-refractivity contribution in [1.29, 1.82) is 0 Å². The molecule has 0 saturated carbocycles. The molecule has 5 nitrogen and oxygen atoms in total. The third-order valence-electron chi connectivity index (χ3n) is 11.4. The van der Waals surface area contributed by atoms with Crippen molar-refractivity contribution < 1.29 is 44.1 Å². The average molecular weight is 1040 g/mol. The van der Waals surface area contributed by atoms with E-state index < -0.39 is 60.4 Å². The zero-order valence-electron chi connectivity index (χ0n) is 44.7. The van der Waals surface area contributed by atoms with Gasteiger partial charge in [-0.1, -0.05) is 187 Å². The molecule has 6 heteroatoms. The molecule has 0 saturated heterocycles. The molecule has 0 spiro atoms. The molecule has 0 radical (unpaired) electrons. The molecule has 0 N–H and O–H groups in total. The van der Waals surface area contributed by atoms with Crippen molar-refractivity contribution in [3.8, 4) is 73.2 Å². The van der Waals surface area contributed by atoms with Gasteiger partial charge >= 0.3 is 0 Å². The monoisotopic (exact) mass is 1040 g/mol. The molecule has 0 bridgehead atoms. The Kier molecular flexibility index (Phi) is 8.17. The minimum Gasteiger partial charge on any atom is -0.510 e. The third-order valence-corrected chi connectivity index (χ3v) is 11.4. The maximum atomic E-state index is 9.04. The van der Waals surface area contributed by atoms with E-state index in [1.165, 1.54) is 0 Å². The second kappa shape index (κ2) is 17.5. The maximum Gasteiger partial charge on any atom is 0.268 e. The molecule has 9 aromatic carbocycles. The SMILES string of the molecule is [2H]c1c([2H])c([2H])c(-c2cccc(-c3c([2H])c([2H])c([2H])c([2H])c3[2H])c2-[n+]2[c-]n(-c3[c-]c(Oc4[c-]c5c(cc4)c4ccccc4n5-c4ncc(-c5ccccc5)cc4-c4ccccc4)ccc3)c3ccccc32)c([2H])c1[2H].[Pt]. The first kappa shape index (κ1) is 30.9. The summed E-state index contributed by atoms with van der Waals surface area (Å²) in [7, 11) is 0. The Balaban J connectivity index is 0.00000616. The van der Waals surface area contributed by atoms with Crippen LogP contribution in [-0.2, 0) is 21.1 Å². The molecule has 0 atom stereocenters. The minimum absolute atomic E-state index is 0. The summed E-state index contributed by atoms with van der Waals surface area (Å²) in [4.78, 5) is 5.17. The molecule has 0 unspecified atom stereocenters. The van der Waals surface area contributed by atoms with E-state index in [1.54, 1.807) is 39.5 Å². The van der Waals surface area contributed by atoms with Crippen molar-refractivity contribution in [3.05, 3.63) is 249 Å². The molecule has 0 fully saturated rings. The van der Waals surface area contributed by atoms with Gasteiger partial charge in [0.15, 0.2) is 0 Å². The number of hydrogen-bond donors (Lipinski definition) is 0. The van der Waals surface area contributed by atoms with Crippen molar-refractivity contribution in [2.45, 2.75) is 0 Å². The minimum atomic E-state index is -0.575. The van der Waals surface area contributed by atoms with Crippen molar-refractivity contribution in [2.24, 2.45) is 0 Å². The van der Waals surface area contributed by atoms with Gasteiger partial charge in [0.05, 0.1) is 30.4 Å². The summed E-state index contributed by atoms with van der Waals surface area (Å²) < 4.78 is 99.3. The summed E-state index contributed by atoms with van der Waals surface area (Å²) in [5, 5.41) is 1.97. The molecule has 66 heavy (non-hydrogen) atoms. The normalized spacial score (nSPS) is 13.3. The number of benzene rings is 9. The maximum absolute atomic E-state index is 9.04. The molecule has 3 aromatic heterocycles. The van der Waals surface area contributed by atoms with E-state index in [4.69, 9.17) is 23.4 Å². The van der Waals surface area contributed by atoms with E-state index in [9.17, 15) is 0 Å². The molecule has 12 aromatic rings. The molecular formula is C60H38N4OPt-2. The summed E-state index contributed by atoms with van der Waals surface area (Å²) >= 11 is 0. The first-order valence-corrected chi connectivity index (χ1v) is 20.9. The molecular weight excluding hydrogens is 988 g/mol. The summed E-state index contributed by atoms with van der Waals surface area (Å²) in [6, 6.07) is 53.7. The number of aromatic nitrogens is 4. The van der Waals surface area contributed by atoms with E-state index in [0.717, 1.165) is 49.9 Å². The molecule has 0 aliphatic carbocycles. The number of fused-ring (bicyclic) bond motifs is 4. The van der Waals surface area contributed by atoms with Crippen LogP contribution in [0.15, 0.2) is 230 Å². The van der Waals surface area contributed by atoms with Crippen LogP contribution in [0.3, 0.4) is 0 Å². The van der Waals surface area contributed by atoms with Crippen LogP contribution in [0.4, 0.5) is 0 Å². The van der Waals surface area contributed by atoms with Gasteiger partial charge in [-0.25, -0.2) is 4.98 Å². The van der Waals surface area contributed by atoms with Crippen molar-refractivity contribution in [3.63, 3.8) is 0 Å². The fourth-order valence-electron chi connectivity index (χ4n) is 8.51. The molecule has 0 amide bonds. The van der Waals surface area contributed by atoms with Gasteiger partial charge in [-0.2, -0.15) is 18.2 Å². The topological polar surface area (TPSA) is 35.9 Å². The predicted molar refractivity (Wildman–Crippen MR) is 262 cm³/mol. The molecule has 0 aliphatic rings. The van der Waals surface area contributed by atoms with Gasteiger partial charge in [0.1, 0.15) is 5.82 Å². The summed E-state index contributed by atoms with van der Waals surface area (Å²) in [6.45, 7) is 0. The Morgan fingerprint density at radius 2 is 1.12 bits per heavy atom. The molecule has 12 rings (SSSR count). The van der Waals surface area contributed by atoms with Crippen LogP contribution in [0, 0.1) is 18.5 Å². The Morgan fingerprint density at radius 1 is 0.500 bits per heavy atom. The van der Waals surface area contributed by atoms with Crippen molar-refractivity contribution >= 4 is 32.8 Å². The van der Waals surface area contributed by atoms with Gasteiger partial charge in [-0.15, -0.1) is 29.7 Å². The van der Waals surface area contributed by atoms with Crippen LogP contribution in [0.25, 0.3) is 94.5 Å². The summed E-state index contributed by atoms with van der Waals surface area (Å²) in [6.07, 6.45) is 5.31. The second-order valence-electron chi connectivity index (χ2n) is 15.2. The second-order valence-corrected chi connectivity index (χ2v) is 15.2. The van der Waals surface area contributed by atoms with Crippen LogP contribution in [0.2, 0.25) is 0 Å². The fourth-order valence-corrected chi connectivity index (χ4v) is 8.51. The van der Waals surface area contributed by atoms with E-state index >= 15 is 0 Å². The third kappa shape index (κ3) is 7.30. The zero-order chi connectivity index (χ0) is 51.8. The predicted octanol–water partition coefficient (Wildman–Crippen LogP) is 14.3. The standard InChI is InChI=1S/C60H38N4O.Pt/c1-5-19-42(20-6-1)46-37-54(45-25-11-4-12-26-45)60(61-40-46)64-55-32-14-13-29-52(55)53-36-35-49(39-58(53)64)65-48-28-17-27-47(38-48)62-41-63(57-34-16-15-33-56(57)62)59-50(43-21-7-2-8-22-43)30-18-31-51(59)44-23-9-3-10-24-44;/h1-37,40H;/q-2;/i2D,3D,7D,8D,9D,10D,21D,22D,23D,24D;. The van der Waals surface area contributed by atoms with E-state index in [1.807, 2.05) is 97.2 Å². The average Bonchev–Trinajstić information content (AvgIpc) is 4.07. The first-order chi connectivity index (χ1) is 36.4. The summed E-state index contributed by atoms with van der Waals surface area (Å²) in [5.41, 5.74) is 7.43. The van der Waals surface area contributed by atoms with Gasteiger partial charge in [0.25, 0.3) is 6.33 Å². The Morgan fingerprint density at radius 3 is 1.85 bits per heavy atom. The van der Waals surface area contributed by atoms with Crippen molar-refractivity contribution in [1.82, 2.24) is 14.1 Å². The van der Waals surface area contributed by atoms with Gasteiger partial charge in [0, 0.05) is 55.4 Å². The molecule has 316 valence electrons. The fraction of sp³-hybridized carbons (Fsp3) is 0. The quantitative estimate of drug-likeness (QED) is 0.107. The van der Waals surface area contributed by atoms with Gasteiger partial charge in [0.2, 0.25) is 0 Å². The first-order valence-electron chi connectivity index (χ1n) is 25.9. The molecule has 3 heterocycles. The van der Waals surface area contributed by atoms with Crippen LogP contribution in [-0.4, -0.2) is 14.1 Å². The number of rotatable bonds is 9. The van der Waals surface area contributed by atoms with Crippen LogP contribution in [0.1, 0.15) is 13.7 Å². The summed E-state index contributed by atoms with van der Waals surface area (Å²) in [5.74, 6) is 1.48. The number of nitrogens with zero attached hydrogens (tertiary/aromatic N) is 4.